The summed E-state index contributed by atoms with van der Waals surface area (Å²) in [5.41, 5.74) is 0.319. The summed E-state index contributed by atoms with van der Waals surface area (Å²) in [4.78, 5) is 36.6. The third kappa shape index (κ3) is 4.21. The van der Waals surface area contributed by atoms with Crippen LogP contribution in [0.2, 0.25) is 0 Å². The van der Waals surface area contributed by atoms with Crippen molar-refractivity contribution in [2.45, 2.75) is 26.4 Å². The first kappa shape index (κ1) is 16.8. The Hall–Kier alpha value is -2.57. The van der Waals surface area contributed by atoms with E-state index in [-0.39, 0.29) is 6.54 Å². The molecule has 1 saturated heterocycles. The molecular weight excluding hydrogens is 300 g/mol. The number of amides is 3. The first-order valence-corrected chi connectivity index (χ1v) is 7.56. The van der Waals surface area contributed by atoms with Gasteiger partial charge in [-0.3, -0.25) is 9.69 Å². The van der Waals surface area contributed by atoms with E-state index in [4.69, 9.17) is 9.47 Å². The van der Waals surface area contributed by atoms with Crippen molar-refractivity contribution in [2.75, 3.05) is 19.7 Å². The predicted molar refractivity (Wildman–Crippen MR) is 82.2 cm³/mol. The lowest BCUT2D eigenvalue weighted by Gasteiger charge is -2.18. The second kappa shape index (κ2) is 7.62. The molecule has 1 unspecified atom stereocenters. The molecule has 1 atom stereocenters. The van der Waals surface area contributed by atoms with Gasteiger partial charge in [-0.1, -0.05) is 6.92 Å². The van der Waals surface area contributed by atoms with Gasteiger partial charge in [0.2, 0.25) is 0 Å². The average Bonchev–Trinajstić information content (AvgIpc) is 2.98. The lowest BCUT2D eigenvalue weighted by molar-refractivity contribution is -0.136. The monoisotopic (exact) mass is 320 g/mol. The summed E-state index contributed by atoms with van der Waals surface area (Å²) in [6.45, 7) is 4.75. The first-order valence-electron chi connectivity index (χ1n) is 7.56. The molecule has 0 radical (unpaired) electrons. The Bertz CT molecular complexity index is 585. The molecule has 124 valence electrons. The number of benzene rings is 1. The number of esters is 1. The highest BCUT2D eigenvalue weighted by atomic mass is 16.5. The van der Waals surface area contributed by atoms with E-state index in [1.165, 1.54) is 6.92 Å². The number of hydrogen-bond acceptors (Lipinski definition) is 5. The van der Waals surface area contributed by atoms with E-state index in [1.807, 2.05) is 6.92 Å². The van der Waals surface area contributed by atoms with Crippen molar-refractivity contribution in [3.8, 4) is 5.75 Å². The third-order valence-electron chi connectivity index (χ3n) is 3.32. The van der Waals surface area contributed by atoms with Gasteiger partial charge in [-0.15, -0.1) is 0 Å². The average molecular weight is 320 g/mol. The zero-order chi connectivity index (χ0) is 16.8. The topological polar surface area (TPSA) is 84.9 Å². The summed E-state index contributed by atoms with van der Waals surface area (Å²) in [7, 11) is 0. The van der Waals surface area contributed by atoms with Gasteiger partial charge in [0.15, 0.2) is 6.10 Å². The second-order valence-electron chi connectivity index (χ2n) is 5.14. The van der Waals surface area contributed by atoms with Crippen LogP contribution >= 0.6 is 0 Å². The summed E-state index contributed by atoms with van der Waals surface area (Å²) in [6, 6.07) is 6.04. The Labute approximate surface area is 134 Å². The molecule has 1 aromatic rings. The maximum atomic E-state index is 12.1. The highest BCUT2D eigenvalue weighted by molar-refractivity contribution is 5.99. The quantitative estimate of drug-likeness (QED) is 0.804. The fourth-order valence-corrected chi connectivity index (χ4v) is 2.09. The van der Waals surface area contributed by atoms with Crippen LogP contribution in [0.25, 0.3) is 0 Å². The minimum Gasteiger partial charge on any atom is -0.494 e. The Kier molecular flexibility index (Phi) is 5.56. The maximum Gasteiger partial charge on any atom is 0.338 e. The van der Waals surface area contributed by atoms with Crippen LogP contribution in [-0.2, 0) is 9.53 Å². The minimum atomic E-state index is -1.03. The highest BCUT2D eigenvalue weighted by Gasteiger charge is 2.31. The fraction of sp³-hybridized carbons (Fsp3) is 0.438. The van der Waals surface area contributed by atoms with Gasteiger partial charge in [-0.2, -0.15) is 0 Å². The van der Waals surface area contributed by atoms with Gasteiger partial charge in [0.25, 0.3) is 5.91 Å². The van der Waals surface area contributed by atoms with E-state index >= 15 is 0 Å². The molecule has 23 heavy (non-hydrogen) atoms. The number of imide groups is 1. The maximum absolute atomic E-state index is 12.1. The second-order valence-corrected chi connectivity index (χ2v) is 5.14. The van der Waals surface area contributed by atoms with Gasteiger partial charge in [0.1, 0.15) is 5.75 Å². The van der Waals surface area contributed by atoms with Crippen LogP contribution < -0.4 is 10.1 Å². The van der Waals surface area contributed by atoms with Crippen molar-refractivity contribution in [3.05, 3.63) is 29.8 Å². The molecule has 1 aliphatic heterocycles. The molecule has 1 heterocycles. The van der Waals surface area contributed by atoms with E-state index in [9.17, 15) is 14.4 Å². The van der Waals surface area contributed by atoms with E-state index in [0.29, 0.717) is 24.5 Å². The highest BCUT2D eigenvalue weighted by Crippen LogP contribution is 2.14. The molecule has 7 nitrogen and oxygen atoms in total. The Morgan fingerprint density at radius 3 is 2.57 bits per heavy atom. The molecule has 1 aromatic carbocycles. The van der Waals surface area contributed by atoms with Crippen LogP contribution in [0, 0.1) is 0 Å². The van der Waals surface area contributed by atoms with Crippen molar-refractivity contribution < 1.29 is 23.9 Å². The molecular formula is C16H20N2O5. The van der Waals surface area contributed by atoms with Gasteiger partial charge in [0.05, 0.1) is 12.2 Å². The van der Waals surface area contributed by atoms with E-state index in [1.54, 1.807) is 24.3 Å². The molecule has 0 saturated carbocycles. The number of nitrogens with zero attached hydrogens (tertiary/aromatic N) is 1. The number of hydrogen-bond donors (Lipinski definition) is 1. The lowest BCUT2D eigenvalue weighted by atomic mass is 10.2. The van der Waals surface area contributed by atoms with Crippen molar-refractivity contribution >= 4 is 17.9 Å². The predicted octanol–water partition coefficient (Wildman–Crippen LogP) is 1.57. The first-order chi connectivity index (χ1) is 11.0. The summed E-state index contributed by atoms with van der Waals surface area (Å²) in [5, 5.41) is 2.53. The standard InChI is InChI=1S/C16H20N2O5/c1-3-10-22-13-6-4-12(5-7-13)15(20)23-11(2)14(19)18-9-8-17-16(18)21/h4-7,11H,3,8-10H2,1-2H3,(H,17,21). The summed E-state index contributed by atoms with van der Waals surface area (Å²) >= 11 is 0. The van der Waals surface area contributed by atoms with Gasteiger partial charge in [-0.25, -0.2) is 9.59 Å². The largest absolute Gasteiger partial charge is 0.494 e. The summed E-state index contributed by atoms with van der Waals surface area (Å²) in [5.74, 6) is -0.481. The van der Waals surface area contributed by atoms with Crippen LogP contribution in [0.4, 0.5) is 4.79 Å². The number of carbonyl (C=O) groups excluding carboxylic acids is 3. The summed E-state index contributed by atoms with van der Waals surface area (Å²) < 4.78 is 10.6. The number of nitrogens with one attached hydrogen (secondary N) is 1. The lowest BCUT2D eigenvalue weighted by Crippen LogP contribution is -2.41. The molecule has 2 rings (SSSR count). The Morgan fingerprint density at radius 1 is 1.30 bits per heavy atom. The van der Waals surface area contributed by atoms with Crippen molar-refractivity contribution in [2.24, 2.45) is 0 Å². The van der Waals surface area contributed by atoms with Crippen LogP contribution in [0.1, 0.15) is 30.6 Å². The zero-order valence-corrected chi connectivity index (χ0v) is 13.2. The van der Waals surface area contributed by atoms with Crippen molar-refractivity contribution in [1.29, 1.82) is 0 Å². The molecule has 0 spiro atoms. The molecule has 0 aliphatic carbocycles. The molecule has 1 fully saturated rings. The fourth-order valence-electron chi connectivity index (χ4n) is 2.09. The van der Waals surface area contributed by atoms with Crippen LogP contribution in [-0.4, -0.2) is 48.6 Å². The van der Waals surface area contributed by atoms with Gasteiger partial charge in [-0.05, 0) is 37.6 Å². The number of rotatable bonds is 6. The normalized spacial score (nSPS) is 15.0. The Balaban J connectivity index is 1.92. The van der Waals surface area contributed by atoms with E-state index < -0.39 is 24.0 Å². The number of urea groups is 1. The van der Waals surface area contributed by atoms with E-state index in [2.05, 4.69) is 5.32 Å². The van der Waals surface area contributed by atoms with Gasteiger partial charge in [0, 0.05) is 13.1 Å². The molecule has 1 aliphatic rings. The molecule has 0 aromatic heterocycles. The van der Waals surface area contributed by atoms with Crippen LogP contribution in [0.15, 0.2) is 24.3 Å². The SMILES string of the molecule is CCCOc1ccc(C(=O)OC(C)C(=O)N2CCNC2=O)cc1. The Morgan fingerprint density at radius 2 is 2.00 bits per heavy atom. The van der Waals surface area contributed by atoms with E-state index in [0.717, 1.165) is 11.3 Å². The van der Waals surface area contributed by atoms with Crippen LogP contribution in [0.5, 0.6) is 5.75 Å². The van der Waals surface area contributed by atoms with Crippen LogP contribution in [0.3, 0.4) is 0 Å². The van der Waals surface area contributed by atoms with Gasteiger partial charge >= 0.3 is 12.0 Å². The van der Waals surface area contributed by atoms with Crippen molar-refractivity contribution in [1.82, 2.24) is 10.2 Å². The van der Waals surface area contributed by atoms with Crippen molar-refractivity contribution in [3.63, 3.8) is 0 Å². The zero-order valence-electron chi connectivity index (χ0n) is 13.2. The summed E-state index contributed by atoms with van der Waals surface area (Å²) in [6.07, 6.45) is -0.129. The van der Waals surface area contributed by atoms with Gasteiger partial charge < -0.3 is 14.8 Å². The molecule has 7 heteroatoms. The molecule has 1 N–H and O–H groups in total. The minimum absolute atomic E-state index is 0.281. The number of ether oxygens (including phenoxy) is 2. The molecule has 3 amide bonds. The molecule has 0 bridgehead atoms. The number of carbonyl (C=O) groups is 3. The smallest absolute Gasteiger partial charge is 0.338 e. The third-order valence-corrected chi connectivity index (χ3v) is 3.32.